The zero-order chi connectivity index (χ0) is 62.5. The zero-order valence-electron chi connectivity index (χ0n) is 45.9. The summed E-state index contributed by atoms with van der Waals surface area (Å²) in [7, 11) is 0. The predicted molar refractivity (Wildman–Crippen MR) is 259 cm³/mol. The average Bonchev–Trinajstić information content (AvgIpc) is 1.39. The van der Waals surface area contributed by atoms with Crippen molar-refractivity contribution in [1.29, 1.82) is 0 Å². The largest absolute Gasteiger partial charge is 0.394 e. The molecule has 40 atom stereocenters. The van der Waals surface area contributed by atoms with E-state index in [2.05, 4.69) is 0 Å². The third kappa shape index (κ3) is 14.1. The van der Waals surface area contributed by atoms with E-state index in [0.29, 0.717) is 0 Å². The van der Waals surface area contributed by atoms with E-state index in [-0.39, 0.29) is 0 Å². The van der Waals surface area contributed by atoms with Gasteiger partial charge in [0.25, 0.3) is 0 Å². The van der Waals surface area contributed by atoms with Crippen LogP contribution in [0.15, 0.2) is 0 Å². The number of rotatable bonds is 18. The summed E-state index contributed by atoms with van der Waals surface area (Å²) >= 11 is 0. The molecule has 0 amide bonds. The molecule has 8 rings (SSSR count). The fourth-order valence-electron chi connectivity index (χ4n) is 11.2. The van der Waals surface area contributed by atoms with E-state index in [1.165, 1.54) is 27.7 Å². The first kappa shape index (κ1) is 69.4. The van der Waals surface area contributed by atoms with Crippen LogP contribution in [0.2, 0.25) is 0 Å². The third-order valence-corrected chi connectivity index (χ3v) is 16.5. The standard InChI is InChI=1S/C48H82O37/c1-9-18(54)24(60)39(41(70)71-9)84-47-33(69)38(83-42-28(64)22(58)17(53)10(2)72-42)36(16(8-52)78-47)81-44-30(66)26(62)34(14(6-50)76-44)79-46-32(68)37(20(56)12(4)73-46)82-45-31(67)27(63)35(15(7-51)77-45)80-48-40(25(61)19(55)11(3)74-48)85-43-29(65)23(59)21(57)13(5-49)75-43/h9-70H,5-8H2,1-4H3/t9-,10-,11-,12-,13+,14+,15+,16+,17-,18-,19-,20-,21+,22+,23-,24+,25+,26+,27+,28+,29+,30+,31+,32+,33+,34+,35+,36+,37+,38+,39+,40+,41+,42-,43+,44-,45+,46+,47+,48-/m0/s1. The van der Waals surface area contributed by atoms with Crippen LogP contribution in [0.4, 0.5) is 0 Å². The first-order valence-corrected chi connectivity index (χ1v) is 27.6. The van der Waals surface area contributed by atoms with Gasteiger partial charge in [-0.15, -0.1) is 0 Å². The van der Waals surface area contributed by atoms with Crippen LogP contribution in [0.1, 0.15) is 27.7 Å². The summed E-state index contributed by atoms with van der Waals surface area (Å²) in [6.45, 7) is 1.16. The van der Waals surface area contributed by atoms with E-state index in [1.807, 2.05) is 0 Å². The van der Waals surface area contributed by atoms with Crippen molar-refractivity contribution in [1.82, 2.24) is 0 Å². The lowest BCUT2D eigenvalue weighted by molar-refractivity contribution is -0.407. The molecule has 8 aliphatic heterocycles. The molecule has 0 spiro atoms. The minimum atomic E-state index is -2.26. The van der Waals surface area contributed by atoms with Gasteiger partial charge in [0, 0.05) is 0 Å². The van der Waals surface area contributed by atoms with Crippen molar-refractivity contribution in [3.8, 4) is 0 Å². The highest BCUT2D eigenvalue weighted by Crippen LogP contribution is 2.39. The minimum absolute atomic E-state index is 0.865. The molecule has 8 heterocycles. The molecule has 8 aliphatic rings. The Bertz CT molecular complexity index is 2060. The molecule has 0 bridgehead atoms. The van der Waals surface area contributed by atoms with Gasteiger partial charge in [0.05, 0.1) is 50.8 Å². The van der Waals surface area contributed by atoms with E-state index in [9.17, 15) is 112 Å². The first-order chi connectivity index (χ1) is 40.1. The third-order valence-electron chi connectivity index (χ3n) is 16.5. The lowest BCUT2D eigenvalue weighted by Gasteiger charge is -2.51. The summed E-state index contributed by atoms with van der Waals surface area (Å²) in [6.07, 6.45) is -74.2. The van der Waals surface area contributed by atoms with E-state index in [4.69, 9.17) is 71.1 Å². The summed E-state index contributed by atoms with van der Waals surface area (Å²) in [6, 6.07) is 0. The number of hydrogen-bond acceptors (Lipinski definition) is 37. The van der Waals surface area contributed by atoms with Crippen LogP contribution >= 0.6 is 0 Å². The van der Waals surface area contributed by atoms with Crippen molar-refractivity contribution in [2.24, 2.45) is 0 Å². The molecule has 0 aromatic carbocycles. The predicted octanol–water partition coefficient (Wildman–Crippen LogP) is -14.3. The quantitative estimate of drug-likeness (QED) is 0.0606. The molecular formula is C48H82O37. The highest BCUT2D eigenvalue weighted by molar-refractivity contribution is 5.01. The second kappa shape index (κ2) is 29.0. The van der Waals surface area contributed by atoms with Gasteiger partial charge in [-0.1, -0.05) is 0 Å². The second-order valence-electron chi connectivity index (χ2n) is 22.3. The molecule has 8 saturated heterocycles. The molecule has 22 N–H and O–H groups in total. The molecular weight excluding hydrogens is 1170 g/mol. The highest BCUT2D eigenvalue weighted by atomic mass is 16.8. The van der Waals surface area contributed by atoms with Crippen LogP contribution in [0.3, 0.4) is 0 Å². The van der Waals surface area contributed by atoms with Gasteiger partial charge in [-0.05, 0) is 27.7 Å². The lowest BCUT2D eigenvalue weighted by Crippen LogP contribution is -2.69. The molecule has 37 heteroatoms. The summed E-state index contributed by atoms with van der Waals surface area (Å²) in [4.78, 5) is 0. The Morgan fingerprint density at radius 3 is 1.00 bits per heavy atom. The molecule has 85 heavy (non-hydrogen) atoms. The minimum Gasteiger partial charge on any atom is -0.394 e. The topological polar surface area (TPSA) is 584 Å². The fraction of sp³-hybridized carbons (Fsp3) is 1.00. The Morgan fingerprint density at radius 1 is 0.212 bits per heavy atom. The van der Waals surface area contributed by atoms with Crippen LogP contribution in [0, 0.1) is 0 Å². The second-order valence-corrected chi connectivity index (χ2v) is 22.3. The van der Waals surface area contributed by atoms with Crippen molar-refractivity contribution in [3.63, 3.8) is 0 Å². The van der Waals surface area contributed by atoms with Crippen molar-refractivity contribution in [3.05, 3.63) is 0 Å². The average molecular weight is 1250 g/mol. The van der Waals surface area contributed by atoms with Crippen molar-refractivity contribution in [2.45, 2.75) is 273 Å². The number of ether oxygens (including phenoxy) is 15. The van der Waals surface area contributed by atoms with Gasteiger partial charge in [0.15, 0.2) is 50.3 Å². The van der Waals surface area contributed by atoms with Crippen LogP contribution in [0.25, 0.3) is 0 Å². The molecule has 496 valence electrons. The molecule has 37 nitrogen and oxygen atoms in total. The summed E-state index contributed by atoms with van der Waals surface area (Å²) in [5.41, 5.74) is 0. The number of aliphatic hydroxyl groups is 22. The van der Waals surface area contributed by atoms with E-state index >= 15 is 0 Å². The Morgan fingerprint density at radius 2 is 0.494 bits per heavy atom. The SMILES string of the molecule is C[C@@H]1O[C@@H](O[C@@H]2[C@@H](O)[C@@H](O[C@@H]3[C@H](O)[C@@H](O)[C@H](C)O[C@H]3O)O[C@H](CO)[C@H]2O[C@@H]2O[C@H](CO)[C@@H](O[C@H]3O[C@@H](C)[C@H](O)[C@@H](O[C@H]4O[C@H](CO)[C@@H](O[C@@H]5O[C@@H](C)[C@H](O)[C@@H](O)[C@H]5O[C@H]5O[C@H](CO)[C@@H](O)[C@H](O)[C@H]5O)[C@H](O)[C@H]4O)[C@H]3O)[C@H](O)[C@H]2O)[C@H](O)[C@H](O)[C@H]1O. The fourth-order valence-corrected chi connectivity index (χ4v) is 11.2. The highest BCUT2D eigenvalue weighted by Gasteiger charge is 2.59. The molecule has 0 aromatic heterocycles. The van der Waals surface area contributed by atoms with Gasteiger partial charge < -0.3 is 183 Å². The summed E-state index contributed by atoms with van der Waals surface area (Å²) in [5.74, 6) is 0. The van der Waals surface area contributed by atoms with Gasteiger partial charge in [0.1, 0.15) is 171 Å². The smallest absolute Gasteiger partial charge is 0.187 e. The molecule has 0 aromatic rings. The zero-order valence-corrected chi connectivity index (χ0v) is 45.9. The van der Waals surface area contributed by atoms with Crippen LogP contribution in [0.5, 0.6) is 0 Å². The maximum Gasteiger partial charge on any atom is 0.187 e. The van der Waals surface area contributed by atoms with Crippen LogP contribution in [-0.4, -0.2) is 384 Å². The van der Waals surface area contributed by atoms with Gasteiger partial charge >= 0.3 is 0 Å². The van der Waals surface area contributed by atoms with E-state index in [0.717, 1.165) is 0 Å². The molecule has 0 radical (unpaired) electrons. The Labute approximate surface area is 482 Å². The molecule has 8 fully saturated rings. The molecule has 0 aliphatic carbocycles. The summed E-state index contributed by atoms with van der Waals surface area (Å²) < 4.78 is 85.9. The van der Waals surface area contributed by atoms with Gasteiger partial charge in [0.2, 0.25) is 0 Å². The maximum atomic E-state index is 11.8. The monoisotopic (exact) mass is 1250 g/mol. The van der Waals surface area contributed by atoms with Gasteiger partial charge in [-0.25, -0.2) is 0 Å². The van der Waals surface area contributed by atoms with Crippen LogP contribution < -0.4 is 0 Å². The van der Waals surface area contributed by atoms with Crippen molar-refractivity contribution in [2.75, 3.05) is 26.4 Å². The van der Waals surface area contributed by atoms with Gasteiger partial charge in [-0.3, -0.25) is 0 Å². The van der Waals surface area contributed by atoms with Gasteiger partial charge in [-0.2, -0.15) is 0 Å². The van der Waals surface area contributed by atoms with Crippen molar-refractivity contribution < 1.29 is 183 Å². The molecule has 0 saturated carbocycles. The normalized spacial score (nSPS) is 55.6. The Kier molecular flexibility index (Phi) is 23.7. The Hall–Kier alpha value is -1.48. The van der Waals surface area contributed by atoms with Crippen LogP contribution in [-0.2, 0) is 71.1 Å². The molecule has 0 unspecified atom stereocenters. The number of hydrogen-bond donors (Lipinski definition) is 22. The number of aliphatic hydroxyl groups excluding tert-OH is 22. The lowest BCUT2D eigenvalue weighted by atomic mass is 9.95. The Balaban J connectivity index is 0.948. The van der Waals surface area contributed by atoms with E-state index < -0.39 is 272 Å². The maximum absolute atomic E-state index is 11.8. The van der Waals surface area contributed by atoms with E-state index in [1.54, 1.807) is 0 Å². The first-order valence-electron chi connectivity index (χ1n) is 27.6. The summed E-state index contributed by atoms with van der Waals surface area (Å²) in [5, 5.41) is 239. The van der Waals surface area contributed by atoms with Crippen molar-refractivity contribution >= 4 is 0 Å².